The summed E-state index contributed by atoms with van der Waals surface area (Å²) < 4.78 is 14.0. The van der Waals surface area contributed by atoms with Crippen molar-refractivity contribution in [1.82, 2.24) is 9.55 Å². The van der Waals surface area contributed by atoms with Crippen molar-refractivity contribution in [3.05, 3.63) is 92.0 Å². The quantitative estimate of drug-likeness (QED) is 0.753. The zero-order chi connectivity index (χ0) is 18.0. The molecule has 3 rings (SSSR count). The molecule has 126 valence electrons. The number of carbonyl (C=O) groups excluding carboxylic acids is 1. The number of hydrogen-bond donors (Lipinski definition) is 2. The van der Waals surface area contributed by atoms with Crippen LogP contribution < -0.4 is 16.6 Å². The molecule has 3 aromatic rings. The van der Waals surface area contributed by atoms with E-state index in [-0.39, 0.29) is 16.9 Å². The molecular weight excluding hydrogens is 349 g/mol. The molecule has 2 aromatic carbocycles. The molecule has 1 heterocycles. The summed E-state index contributed by atoms with van der Waals surface area (Å²) in [5.74, 6) is -1.30. The van der Waals surface area contributed by atoms with Crippen molar-refractivity contribution in [1.29, 1.82) is 0 Å². The largest absolute Gasteiger partial charge is 0.333 e. The van der Waals surface area contributed by atoms with E-state index in [4.69, 9.17) is 11.6 Å². The van der Waals surface area contributed by atoms with E-state index in [1.807, 2.05) is 0 Å². The van der Waals surface area contributed by atoms with Crippen LogP contribution in [0, 0.1) is 5.82 Å². The minimum Gasteiger partial charge on any atom is -0.322 e. The van der Waals surface area contributed by atoms with Gasteiger partial charge in [-0.25, -0.2) is 13.8 Å². The summed E-state index contributed by atoms with van der Waals surface area (Å²) in [6.07, 6.45) is 1.02. The number of aromatic nitrogens is 2. The summed E-state index contributed by atoms with van der Waals surface area (Å²) in [4.78, 5) is 39.2. The van der Waals surface area contributed by atoms with Gasteiger partial charge in [0, 0.05) is 16.9 Å². The summed E-state index contributed by atoms with van der Waals surface area (Å²) in [5, 5.41) is 2.85. The van der Waals surface area contributed by atoms with Gasteiger partial charge in [-0.2, -0.15) is 0 Å². The number of amides is 1. The number of aromatic amines is 1. The van der Waals surface area contributed by atoms with Gasteiger partial charge in [0.2, 0.25) is 0 Å². The molecule has 2 N–H and O–H groups in total. The lowest BCUT2D eigenvalue weighted by Crippen LogP contribution is -2.38. The average Bonchev–Trinajstić information content (AvgIpc) is 2.56. The SMILES string of the molecule is O=C(Nc1cccc(F)c1)c1c[nH]c(=O)n(-c2ccc(Cl)cc2)c1=O. The smallest absolute Gasteiger partial charge is 0.322 e. The zero-order valence-corrected chi connectivity index (χ0v) is 13.4. The summed E-state index contributed by atoms with van der Waals surface area (Å²) in [5.41, 5.74) is -1.35. The first-order valence-corrected chi connectivity index (χ1v) is 7.51. The normalized spacial score (nSPS) is 10.5. The molecule has 0 unspecified atom stereocenters. The van der Waals surface area contributed by atoms with Crippen LogP contribution in [0.3, 0.4) is 0 Å². The van der Waals surface area contributed by atoms with Crippen LogP contribution in [0.4, 0.5) is 10.1 Å². The van der Waals surface area contributed by atoms with Crippen molar-refractivity contribution in [2.75, 3.05) is 5.32 Å². The molecule has 1 aromatic heterocycles. The van der Waals surface area contributed by atoms with E-state index >= 15 is 0 Å². The highest BCUT2D eigenvalue weighted by Crippen LogP contribution is 2.12. The Morgan fingerprint density at radius 1 is 1.12 bits per heavy atom. The first-order chi connectivity index (χ1) is 12.0. The van der Waals surface area contributed by atoms with Crippen LogP contribution in [0.2, 0.25) is 5.02 Å². The Bertz CT molecular complexity index is 1060. The molecule has 0 spiro atoms. The van der Waals surface area contributed by atoms with Gasteiger partial charge in [0.15, 0.2) is 0 Å². The summed E-state index contributed by atoms with van der Waals surface area (Å²) in [6.45, 7) is 0. The van der Waals surface area contributed by atoms with Gasteiger partial charge in [-0.05, 0) is 42.5 Å². The predicted octanol–water partition coefficient (Wildman–Crippen LogP) is 2.57. The maximum atomic E-state index is 13.2. The van der Waals surface area contributed by atoms with E-state index in [1.165, 1.54) is 42.5 Å². The lowest BCUT2D eigenvalue weighted by Gasteiger charge is -2.08. The molecule has 1 amide bonds. The third-order valence-electron chi connectivity index (χ3n) is 3.39. The molecule has 0 aliphatic carbocycles. The van der Waals surface area contributed by atoms with Crippen LogP contribution in [-0.4, -0.2) is 15.5 Å². The lowest BCUT2D eigenvalue weighted by molar-refractivity contribution is 0.102. The van der Waals surface area contributed by atoms with Crippen LogP contribution in [0.25, 0.3) is 5.69 Å². The minimum atomic E-state index is -0.806. The van der Waals surface area contributed by atoms with Gasteiger partial charge >= 0.3 is 5.69 Å². The Morgan fingerprint density at radius 3 is 2.52 bits per heavy atom. The van der Waals surface area contributed by atoms with E-state index in [9.17, 15) is 18.8 Å². The predicted molar refractivity (Wildman–Crippen MR) is 92.0 cm³/mol. The fourth-order valence-corrected chi connectivity index (χ4v) is 2.35. The Morgan fingerprint density at radius 2 is 1.84 bits per heavy atom. The Labute approximate surface area is 145 Å². The fraction of sp³-hybridized carbons (Fsp3) is 0. The van der Waals surface area contributed by atoms with E-state index in [2.05, 4.69) is 10.3 Å². The van der Waals surface area contributed by atoms with E-state index < -0.39 is 23.0 Å². The monoisotopic (exact) mass is 359 g/mol. The number of nitrogens with one attached hydrogen (secondary N) is 2. The van der Waals surface area contributed by atoms with Gasteiger partial charge in [-0.15, -0.1) is 0 Å². The first-order valence-electron chi connectivity index (χ1n) is 7.13. The standard InChI is InChI=1S/C17H11ClFN3O3/c18-10-4-6-13(7-5-10)22-16(24)14(9-20-17(22)25)15(23)21-12-3-1-2-11(19)8-12/h1-9H,(H,20,25)(H,21,23). The molecule has 0 atom stereocenters. The second-order valence-electron chi connectivity index (χ2n) is 5.09. The Balaban J connectivity index is 2.02. The van der Waals surface area contributed by atoms with Crippen LogP contribution in [0.15, 0.2) is 64.3 Å². The van der Waals surface area contributed by atoms with Crippen LogP contribution >= 0.6 is 11.6 Å². The maximum absolute atomic E-state index is 13.2. The summed E-state index contributed by atoms with van der Waals surface area (Å²) in [6, 6.07) is 11.2. The van der Waals surface area contributed by atoms with Gasteiger partial charge in [0.1, 0.15) is 11.4 Å². The number of carbonyl (C=O) groups is 1. The molecule has 0 fully saturated rings. The second-order valence-corrected chi connectivity index (χ2v) is 5.53. The molecule has 0 saturated heterocycles. The van der Waals surface area contributed by atoms with Gasteiger partial charge in [0.05, 0.1) is 5.69 Å². The maximum Gasteiger partial charge on any atom is 0.333 e. The molecule has 0 aliphatic rings. The molecule has 0 aliphatic heterocycles. The first kappa shape index (κ1) is 16.7. The van der Waals surface area contributed by atoms with Gasteiger partial charge in [-0.1, -0.05) is 17.7 Å². The number of anilines is 1. The van der Waals surface area contributed by atoms with E-state index in [0.29, 0.717) is 5.02 Å². The van der Waals surface area contributed by atoms with Gasteiger partial charge < -0.3 is 10.3 Å². The Kier molecular flexibility index (Phi) is 4.49. The highest BCUT2D eigenvalue weighted by Gasteiger charge is 2.16. The Hall–Kier alpha value is -3.19. The number of benzene rings is 2. The topological polar surface area (TPSA) is 84.0 Å². The number of nitrogens with zero attached hydrogens (tertiary/aromatic N) is 1. The third kappa shape index (κ3) is 3.51. The fourth-order valence-electron chi connectivity index (χ4n) is 2.22. The average molecular weight is 360 g/mol. The van der Waals surface area contributed by atoms with Crippen molar-refractivity contribution in [2.45, 2.75) is 0 Å². The van der Waals surface area contributed by atoms with E-state index in [1.54, 1.807) is 0 Å². The van der Waals surface area contributed by atoms with Gasteiger partial charge in [-0.3, -0.25) is 9.59 Å². The number of hydrogen-bond acceptors (Lipinski definition) is 3. The van der Waals surface area contributed by atoms with Crippen molar-refractivity contribution in [3.63, 3.8) is 0 Å². The summed E-state index contributed by atoms with van der Waals surface area (Å²) in [7, 11) is 0. The molecule has 25 heavy (non-hydrogen) atoms. The highest BCUT2D eigenvalue weighted by atomic mass is 35.5. The minimum absolute atomic E-state index is 0.189. The second kappa shape index (κ2) is 6.74. The molecule has 0 bridgehead atoms. The van der Waals surface area contributed by atoms with Crippen molar-refractivity contribution in [3.8, 4) is 5.69 Å². The summed E-state index contributed by atoms with van der Waals surface area (Å²) >= 11 is 5.80. The molecule has 0 radical (unpaired) electrons. The number of halogens is 2. The van der Waals surface area contributed by atoms with Crippen molar-refractivity contribution in [2.24, 2.45) is 0 Å². The van der Waals surface area contributed by atoms with Crippen LogP contribution in [0.5, 0.6) is 0 Å². The van der Waals surface area contributed by atoms with Crippen molar-refractivity contribution < 1.29 is 9.18 Å². The van der Waals surface area contributed by atoms with Gasteiger partial charge in [0.25, 0.3) is 11.5 Å². The number of rotatable bonds is 3. The van der Waals surface area contributed by atoms with Crippen molar-refractivity contribution >= 4 is 23.2 Å². The molecule has 0 saturated carbocycles. The lowest BCUT2D eigenvalue weighted by atomic mass is 10.2. The molecule has 8 heteroatoms. The highest BCUT2D eigenvalue weighted by molar-refractivity contribution is 6.30. The van der Waals surface area contributed by atoms with E-state index in [0.717, 1.165) is 16.8 Å². The van der Waals surface area contributed by atoms with Crippen LogP contribution in [0.1, 0.15) is 10.4 Å². The zero-order valence-electron chi connectivity index (χ0n) is 12.6. The third-order valence-corrected chi connectivity index (χ3v) is 3.64. The molecule has 6 nitrogen and oxygen atoms in total. The number of H-pyrrole nitrogens is 1. The molecular formula is C17H11ClFN3O3. The van der Waals surface area contributed by atoms with Crippen LogP contribution in [-0.2, 0) is 0 Å².